The third kappa shape index (κ3) is 5.63. The molecule has 0 fully saturated rings. The SMILES string of the molecule is CCN(CC(=O)Nc1cc(C(C)(C)C)nn1-c1cccc(C)c1)C(=O)C(C)(C)CCl. The van der Waals surface area contributed by atoms with Crippen molar-refractivity contribution in [3.8, 4) is 5.69 Å². The maximum atomic E-state index is 12.8. The second kappa shape index (κ2) is 9.21. The average molecular weight is 433 g/mol. The minimum atomic E-state index is -0.722. The zero-order valence-electron chi connectivity index (χ0n) is 19.0. The molecule has 1 aromatic carbocycles. The van der Waals surface area contributed by atoms with Gasteiger partial charge in [0.15, 0.2) is 0 Å². The molecule has 0 aliphatic heterocycles. The van der Waals surface area contributed by atoms with Gasteiger partial charge < -0.3 is 10.2 Å². The van der Waals surface area contributed by atoms with Crippen molar-refractivity contribution in [2.45, 2.75) is 53.9 Å². The minimum absolute atomic E-state index is 0.0422. The highest BCUT2D eigenvalue weighted by Gasteiger charge is 2.31. The number of benzene rings is 1. The number of hydrogen-bond acceptors (Lipinski definition) is 3. The van der Waals surface area contributed by atoms with Gasteiger partial charge in [-0.1, -0.05) is 32.9 Å². The monoisotopic (exact) mass is 432 g/mol. The summed E-state index contributed by atoms with van der Waals surface area (Å²) in [6.07, 6.45) is 0. The van der Waals surface area contributed by atoms with Crippen LogP contribution in [0.15, 0.2) is 30.3 Å². The molecule has 0 bridgehead atoms. The number of carbonyl (C=O) groups excluding carboxylic acids is 2. The van der Waals surface area contributed by atoms with Gasteiger partial charge in [0, 0.05) is 23.9 Å². The zero-order chi connectivity index (χ0) is 22.7. The van der Waals surface area contributed by atoms with Gasteiger partial charge in [-0.15, -0.1) is 11.6 Å². The number of nitrogens with zero attached hydrogens (tertiary/aromatic N) is 3. The summed E-state index contributed by atoms with van der Waals surface area (Å²) in [5.41, 5.74) is 1.94. The molecule has 1 aromatic heterocycles. The molecule has 7 heteroatoms. The van der Waals surface area contributed by atoms with E-state index in [4.69, 9.17) is 16.7 Å². The van der Waals surface area contributed by atoms with E-state index in [1.54, 1.807) is 18.5 Å². The quantitative estimate of drug-likeness (QED) is 0.653. The van der Waals surface area contributed by atoms with Crippen LogP contribution in [-0.4, -0.2) is 45.5 Å². The first-order valence-corrected chi connectivity index (χ1v) is 10.7. The maximum Gasteiger partial charge on any atom is 0.245 e. The second-order valence-electron chi connectivity index (χ2n) is 9.30. The predicted octanol–water partition coefficient (Wildman–Crippen LogP) is 4.53. The van der Waals surface area contributed by atoms with Gasteiger partial charge in [-0.25, -0.2) is 4.68 Å². The lowest BCUT2D eigenvalue weighted by Gasteiger charge is -2.29. The van der Waals surface area contributed by atoms with Crippen LogP contribution in [0.1, 0.15) is 52.8 Å². The van der Waals surface area contributed by atoms with Gasteiger partial charge >= 0.3 is 0 Å². The lowest BCUT2D eigenvalue weighted by atomic mass is 9.92. The Bertz CT molecular complexity index is 912. The van der Waals surface area contributed by atoms with E-state index in [2.05, 4.69) is 26.1 Å². The Hall–Kier alpha value is -2.34. The number of halogens is 1. The highest BCUT2D eigenvalue weighted by Crippen LogP contribution is 2.27. The van der Waals surface area contributed by atoms with Crippen LogP contribution in [0.2, 0.25) is 0 Å². The molecule has 0 unspecified atom stereocenters. The first-order valence-electron chi connectivity index (χ1n) is 10.2. The molecular formula is C23H33ClN4O2. The Morgan fingerprint density at radius 1 is 1.17 bits per heavy atom. The van der Waals surface area contributed by atoms with E-state index in [-0.39, 0.29) is 29.7 Å². The van der Waals surface area contributed by atoms with Crippen LogP contribution in [-0.2, 0) is 15.0 Å². The van der Waals surface area contributed by atoms with Crippen molar-refractivity contribution in [2.24, 2.45) is 5.41 Å². The molecule has 6 nitrogen and oxygen atoms in total. The van der Waals surface area contributed by atoms with Crippen molar-refractivity contribution < 1.29 is 9.59 Å². The van der Waals surface area contributed by atoms with Crippen LogP contribution >= 0.6 is 11.6 Å². The molecular weight excluding hydrogens is 400 g/mol. The van der Waals surface area contributed by atoms with Crippen molar-refractivity contribution >= 4 is 29.2 Å². The van der Waals surface area contributed by atoms with Crippen molar-refractivity contribution in [2.75, 3.05) is 24.3 Å². The lowest BCUT2D eigenvalue weighted by molar-refractivity contribution is -0.141. The summed E-state index contributed by atoms with van der Waals surface area (Å²) in [6, 6.07) is 9.83. The van der Waals surface area contributed by atoms with E-state index >= 15 is 0 Å². The summed E-state index contributed by atoms with van der Waals surface area (Å²) in [4.78, 5) is 27.1. The fraction of sp³-hybridized carbons (Fsp3) is 0.522. The Morgan fingerprint density at radius 3 is 2.37 bits per heavy atom. The Balaban J connectivity index is 2.31. The van der Waals surface area contributed by atoms with Crippen molar-refractivity contribution in [3.05, 3.63) is 41.6 Å². The summed E-state index contributed by atoms with van der Waals surface area (Å²) in [7, 11) is 0. The molecule has 1 N–H and O–H groups in total. The molecule has 0 aliphatic rings. The molecule has 2 aromatic rings. The first-order chi connectivity index (χ1) is 13.9. The standard InChI is InChI=1S/C23H33ClN4O2/c1-8-27(21(30)23(6,7)15-24)14-20(29)25-19-13-18(22(3,4)5)26-28(19)17-11-9-10-16(2)12-17/h9-13H,8,14-15H2,1-7H3,(H,25,29). The molecule has 0 radical (unpaired) electrons. The fourth-order valence-electron chi connectivity index (χ4n) is 2.96. The van der Waals surface area contributed by atoms with Crippen LogP contribution in [0.3, 0.4) is 0 Å². The van der Waals surface area contributed by atoms with Crippen molar-refractivity contribution in [3.63, 3.8) is 0 Å². The van der Waals surface area contributed by atoms with Crippen molar-refractivity contribution in [1.82, 2.24) is 14.7 Å². The number of likely N-dealkylation sites (N-methyl/N-ethyl adjacent to an activating group) is 1. The zero-order valence-corrected chi connectivity index (χ0v) is 19.8. The highest BCUT2D eigenvalue weighted by molar-refractivity contribution is 6.19. The van der Waals surface area contributed by atoms with Gasteiger partial charge in [0.05, 0.1) is 23.3 Å². The average Bonchev–Trinajstić information content (AvgIpc) is 3.09. The van der Waals surface area contributed by atoms with E-state index in [1.807, 2.05) is 44.2 Å². The number of anilines is 1. The van der Waals surface area contributed by atoms with E-state index in [9.17, 15) is 9.59 Å². The number of nitrogens with one attached hydrogen (secondary N) is 1. The molecule has 164 valence electrons. The van der Waals surface area contributed by atoms with Crippen LogP contribution < -0.4 is 5.32 Å². The third-order valence-electron chi connectivity index (χ3n) is 4.91. The third-order valence-corrected chi connectivity index (χ3v) is 5.58. The second-order valence-corrected chi connectivity index (χ2v) is 9.57. The van der Waals surface area contributed by atoms with E-state index in [0.29, 0.717) is 12.4 Å². The van der Waals surface area contributed by atoms with Crippen LogP contribution in [0, 0.1) is 12.3 Å². The number of aryl methyl sites for hydroxylation is 1. The molecule has 0 saturated heterocycles. The van der Waals surface area contributed by atoms with Crippen LogP contribution in [0.25, 0.3) is 5.69 Å². The predicted molar refractivity (Wildman–Crippen MR) is 122 cm³/mol. The van der Waals surface area contributed by atoms with Gasteiger partial charge in [-0.05, 0) is 45.4 Å². The molecule has 2 rings (SSSR count). The minimum Gasteiger partial charge on any atom is -0.333 e. The summed E-state index contributed by atoms with van der Waals surface area (Å²) in [6.45, 7) is 14.0. The smallest absolute Gasteiger partial charge is 0.245 e. The van der Waals surface area contributed by atoms with Gasteiger partial charge in [0.2, 0.25) is 11.8 Å². The molecule has 0 atom stereocenters. The van der Waals surface area contributed by atoms with Crippen LogP contribution in [0.4, 0.5) is 5.82 Å². The summed E-state index contributed by atoms with van der Waals surface area (Å²) in [5.74, 6) is 0.358. The largest absolute Gasteiger partial charge is 0.333 e. The normalized spacial score (nSPS) is 12.0. The Kier molecular flexibility index (Phi) is 7.35. The van der Waals surface area contributed by atoms with E-state index < -0.39 is 5.41 Å². The number of carbonyl (C=O) groups is 2. The van der Waals surface area contributed by atoms with Gasteiger partial charge in [-0.2, -0.15) is 5.10 Å². The van der Waals surface area contributed by atoms with E-state index in [0.717, 1.165) is 16.9 Å². The molecule has 30 heavy (non-hydrogen) atoms. The molecule has 0 spiro atoms. The van der Waals surface area contributed by atoms with Crippen LogP contribution in [0.5, 0.6) is 0 Å². The Labute approximate surface area is 184 Å². The summed E-state index contributed by atoms with van der Waals surface area (Å²) in [5, 5.41) is 7.68. The molecule has 1 heterocycles. The number of aromatic nitrogens is 2. The maximum absolute atomic E-state index is 12.8. The fourth-order valence-corrected chi connectivity index (χ4v) is 3.08. The number of amides is 2. The molecule has 2 amide bonds. The number of rotatable bonds is 7. The molecule has 0 saturated carbocycles. The topological polar surface area (TPSA) is 67.2 Å². The first kappa shape index (κ1) is 23.9. The van der Waals surface area contributed by atoms with Crippen molar-refractivity contribution in [1.29, 1.82) is 0 Å². The summed E-state index contributed by atoms with van der Waals surface area (Å²) < 4.78 is 1.74. The number of alkyl halides is 1. The van der Waals surface area contributed by atoms with Gasteiger partial charge in [0.25, 0.3) is 0 Å². The van der Waals surface area contributed by atoms with E-state index in [1.165, 1.54) is 4.90 Å². The Morgan fingerprint density at radius 2 is 1.83 bits per heavy atom. The van der Waals surface area contributed by atoms with Gasteiger partial charge in [0.1, 0.15) is 5.82 Å². The summed E-state index contributed by atoms with van der Waals surface area (Å²) >= 11 is 5.94. The number of hydrogen-bond donors (Lipinski definition) is 1. The molecule has 0 aliphatic carbocycles. The van der Waals surface area contributed by atoms with Gasteiger partial charge in [-0.3, -0.25) is 9.59 Å². The lowest BCUT2D eigenvalue weighted by Crippen LogP contribution is -2.45. The highest BCUT2D eigenvalue weighted by atomic mass is 35.5.